The molecule has 0 aromatic heterocycles. The standard InChI is InChI=1S/C16H17FN2S/c1-10-8-12(17)6-7-13(10)16(19-18)15-9-11-4-2-3-5-14(11)20-15/h2-8,15-16,19H,9,18H2,1H3. The fourth-order valence-corrected chi connectivity index (χ4v) is 4.19. The topological polar surface area (TPSA) is 38.0 Å². The van der Waals surface area contributed by atoms with Crippen molar-refractivity contribution in [2.45, 2.75) is 29.5 Å². The SMILES string of the molecule is Cc1cc(F)ccc1C(NN)C1Cc2ccccc2S1. The molecule has 1 heterocycles. The summed E-state index contributed by atoms with van der Waals surface area (Å²) < 4.78 is 13.3. The summed E-state index contributed by atoms with van der Waals surface area (Å²) in [5.41, 5.74) is 6.28. The van der Waals surface area contributed by atoms with Gasteiger partial charge in [0.1, 0.15) is 5.82 Å². The van der Waals surface area contributed by atoms with E-state index in [2.05, 4.69) is 29.7 Å². The average molecular weight is 288 g/mol. The van der Waals surface area contributed by atoms with Crippen molar-refractivity contribution in [1.82, 2.24) is 5.43 Å². The maximum absolute atomic E-state index is 13.3. The van der Waals surface area contributed by atoms with Crippen molar-refractivity contribution in [2.24, 2.45) is 5.84 Å². The lowest BCUT2D eigenvalue weighted by Gasteiger charge is -2.24. The number of rotatable bonds is 3. The predicted octanol–water partition coefficient (Wildman–Crippen LogP) is 3.36. The molecule has 0 radical (unpaired) electrons. The van der Waals surface area contributed by atoms with Crippen LogP contribution in [-0.2, 0) is 6.42 Å². The van der Waals surface area contributed by atoms with Gasteiger partial charge in [-0.2, -0.15) is 0 Å². The van der Waals surface area contributed by atoms with Gasteiger partial charge in [0.2, 0.25) is 0 Å². The van der Waals surface area contributed by atoms with Crippen LogP contribution in [0, 0.1) is 12.7 Å². The lowest BCUT2D eigenvalue weighted by molar-refractivity contribution is 0.528. The fourth-order valence-electron chi connectivity index (χ4n) is 2.78. The zero-order valence-corrected chi connectivity index (χ0v) is 12.1. The van der Waals surface area contributed by atoms with Gasteiger partial charge in [0, 0.05) is 10.1 Å². The van der Waals surface area contributed by atoms with Gasteiger partial charge in [0.15, 0.2) is 0 Å². The molecule has 2 aromatic carbocycles. The Morgan fingerprint density at radius 3 is 2.80 bits per heavy atom. The minimum Gasteiger partial charge on any atom is -0.271 e. The van der Waals surface area contributed by atoms with E-state index < -0.39 is 0 Å². The number of hydrazine groups is 1. The van der Waals surface area contributed by atoms with Crippen molar-refractivity contribution in [3.8, 4) is 0 Å². The Morgan fingerprint density at radius 2 is 2.10 bits per heavy atom. The van der Waals surface area contributed by atoms with Crippen LogP contribution in [0.4, 0.5) is 4.39 Å². The largest absolute Gasteiger partial charge is 0.271 e. The highest BCUT2D eigenvalue weighted by Gasteiger charge is 2.30. The second-order valence-corrected chi connectivity index (χ2v) is 6.39. The van der Waals surface area contributed by atoms with E-state index in [4.69, 9.17) is 5.84 Å². The summed E-state index contributed by atoms with van der Waals surface area (Å²) in [4.78, 5) is 1.32. The zero-order chi connectivity index (χ0) is 14.1. The Bertz CT molecular complexity index is 605. The molecule has 3 rings (SSSR count). The van der Waals surface area contributed by atoms with Crippen molar-refractivity contribution in [3.63, 3.8) is 0 Å². The van der Waals surface area contributed by atoms with Gasteiger partial charge in [0.05, 0.1) is 6.04 Å². The van der Waals surface area contributed by atoms with E-state index in [1.807, 2.05) is 24.8 Å². The molecule has 0 bridgehead atoms. The molecule has 0 spiro atoms. The van der Waals surface area contributed by atoms with Crippen LogP contribution in [0.15, 0.2) is 47.4 Å². The van der Waals surface area contributed by atoms with Crippen molar-refractivity contribution < 1.29 is 4.39 Å². The van der Waals surface area contributed by atoms with Crippen molar-refractivity contribution in [2.75, 3.05) is 0 Å². The number of thioether (sulfide) groups is 1. The van der Waals surface area contributed by atoms with Gasteiger partial charge in [-0.15, -0.1) is 11.8 Å². The Morgan fingerprint density at radius 1 is 1.30 bits per heavy atom. The van der Waals surface area contributed by atoms with E-state index >= 15 is 0 Å². The summed E-state index contributed by atoms with van der Waals surface area (Å²) in [5, 5.41) is 0.335. The number of nitrogens with one attached hydrogen (secondary N) is 1. The van der Waals surface area contributed by atoms with E-state index in [1.54, 1.807) is 6.07 Å². The molecule has 104 valence electrons. The van der Waals surface area contributed by atoms with Gasteiger partial charge in [0.25, 0.3) is 0 Å². The van der Waals surface area contributed by atoms with Crippen molar-refractivity contribution >= 4 is 11.8 Å². The van der Waals surface area contributed by atoms with Gasteiger partial charge >= 0.3 is 0 Å². The summed E-state index contributed by atoms with van der Waals surface area (Å²) in [6.07, 6.45) is 0.979. The quantitative estimate of drug-likeness (QED) is 0.672. The molecule has 2 nitrogen and oxygen atoms in total. The highest BCUT2D eigenvalue weighted by atomic mass is 32.2. The number of aryl methyl sites for hydroxylation is 1. The Kier molecular flexibility index (Phi) is 3.78. The first-order valence-corrected chi connectivity index (χ1v) is 7.54. The molecule has 1 aliphatic heterocycles. The molecular formula is C16H17FN2S. The highest BCUT2D eigenvalue weighted by molar-refractivity contribution is 8.00. The van der Waals surface area contributed by atoms with Crippen LogP contribution in [0.2, 0.25) is 0 Å². The smallest absolute Gasteiger partial charge is 0.123 e. The molecule has 0 saturated heterocycles. The first-order chi connectivity index (χ1) is 9.69. The summed E-state index contributed by atoms with van der Waals surface area (Å²) in [6, 6.07) is 13.3. The van der Waals surface area contributed by atoms with E-state index in [0.29, 0.717) is 5.25 Å². The minimum absolute atomic E-state index is 0.0213. The number of benzene rings is 2. The molecule has 1 aliphatic rings. The second kappa shape index (κ2) is 5.56. The third-order valence-corrected chi connectivity index (χ3v) is 5.18. The van der Waals surface area contributed by atoms with E-state index in [0.717, 1.165) is 17.5 Å². The Hall–Kier alpha value is -1.36. The maximum atomic E-state index is 13.3. The number of halogens is 1. The minimum atomic E-state index is -0.204. The molecule has 2 aromatic rings. The zero-order valence-electron chi connectivity index (χ0n) is 11.3. The van der Waals surface area contributed by atoms with Gasteiger partial charge in [-0.25, -0.2) is 4.39 Å². The van der Waals surface area contributed by atoms with Crippen LogP contribution in [0.5, 0.6) is 0 Å². The number of hydrogen-bond acceptors (Lipinski definition) is 3. The summed E-state index contributed by atoms with van der Waals surface area (Å²) in [7, 11) is 0. The average Bonchev–Trinajstić information content (AvgIpc) is 2.85. The van der Waals surface area contributed by atoms with Crippen LogP contribution in [0.1, 0.15) is 22.7 Å². The molecule has 0 fully saturated rings. The number of hydrogen-bond donors (Lipinski definition) is 2. The molecule has 2 atom stereocenters. The highest BCUT2D eigenvalue weighted by Crippen LogP contribution is 2.42. The predicted molar refractivity (Wildman–Crippen MR) is 81.0 cm³/mol. The van der Waals surface area contributed by atoms with Crippen LogP contribution in [0.3, 0.4) is 0 Å². The van der Waals surface area contributed by atoms with Crippen LogP contribution in [-0.4, -0.2) is 5.25 Å². The second-order valence-electron chi connectivity index (χ2n) is 5.11. The van der Waals surface area contributed by atoms with Crippen LogP contribution in [0.25, 0.3) is 0 Å². The molecule has 0 aliphatic carbocycles. The van der Waals surface area contributed by atoms with Gasteiger partial charge in [-0.3, -0.25) is 11.3 Å². The fraction of sp³-hybridized carbons (Fsp3) is 0.250. The summed E-state index contributed by atoms with van der Waals surface area (Å²) in [5.74, 6) is 5.57. The van der Waals surface area contributed by atoms with E-state index in [9.17, 15) is 4.39 Å². The van der Waals surface area contributed by atoms with Gasteiger partial charge < -0.3 is 0 Å². The molecule has 0 amide bonds. The third kappa shape index (κ3) is 2.46. The molecule has 20 heavy (non-hydrogen) atoms. The summed E-state index contributed by atoms with van der Waals surface area (Å²) >= 11 is 1.84. The molecule has 4 heteroatoms. The molecule has 0 saturated carbocycles. The van der Waals surface area contributed by atoms with Crippen molar-refractivity contribution in [1.29, 1.82) is 0 Å². The normalized spacial score (nSPS) is 18.9. The Labute approximate surface area is 122 Å². The van der Waals surface area contributed by atoms with Crippen LogP contribution >= 0.6 is 11.8 Å². The lowest BCUT2D eigenvalue weighted by Crippen LogP contribution is -2.35. The third-order valence-electron chi connectivity index (χ3n) is 3.79. The monoisotopic (exact) mass is 288 g/mol. The first kappa shape index (κ1) is 13.6. The van der Waals surface area contributed by atoms with Gasteiger partial charge in [-0.1, -0.05) is 24.3 Å². The van der Waals surface area contributed by atoms with E-state index in [1.165, 1.54) is 16.5 Å². The van der Waals surface area contributed by atoms with Crippen LogP contribution < -0.4 is 11.3 Å². The maximum Gasteiger partial charge on any atom is 0.123 e. The van der Waals surface area contributed by atoms with Crippen molar-refractivity contribution in [3.05, 3.63) is 65.0 Å². The van der Waals surface area contributed by atoms with Gasteiger partial charge in [-0.05, 0) is 48.2 Å². The molecule has 3 N–H and O–H groups in total. The number of fused-ring (bicyclic) bond motifs is 1. The molecular weight excluding hydrogens is 271 g/mol. The summed E-state index contributed by atoms with van der Waals surface area (Å²) in [6.45, 7) is 1.93. The first-order valence-electron chi connectivity index (χ1n) is 6.66. The lowest BCUT2D eigenvalue weighted by atomic mass is 9.96. The molecule has 2 unspecified atom stereocenters. The van der Waals surface area contributed by atoms with E-state index in [-0.39, 0.29) is 11.9 Å². The Balaban J connectivity index is 1.89. The number of nitrogens with two attached hydrogens (primary N) is 1.